The molecule has 7 nitrogen and oxygen atoms in total. The van der Waals surface area contributed by atoms with Crippen molar-refractivity contribution in [3.05, 3.63) is 55.0 Å². The number of nitrogen functional groups attached to an aromatic ring is 1. The lowest BCUT2D eigenvalue weighted by molar-refractivity contribution is 0.145. The highest BCUT2D eigenvalue weighted by Crippen LogP contribution is 2.43. The molecule has 0 atom stereocenters. The molecule has 7 heteroatoms. The van der Waals surface area contributed by atoms with Crippen LogP contribution in [0.1, 0.15) is 12.8 Å². The first-order valence-corrected chi connectivity index (χ1v) is 9.68. The molecule has 3 N–H and O–H groups in total. The number of hydrogen-bond donors (Lipinski definition) is 2. The largest absolute Gasteiger partial charge is 0.437 e. The molecule has 1 saturated heterocycles. The quantitative estimate of drug-likeness (QED) is 0.555. The zero-order valence-corrected chi connectivity index (χ0v) is 15.8. The number of anilines is 2. The number of furan rings is 1. The van der Waals surface area contributed by atoms with Gasteiger partial charge in [-0.3, -0.25) is 0 Å². The maximum Gasteiger partial charge on any atom is 0.232 e. The Labute approximate surface area is 167 Å². The van der Waals surface area contributed by atoms with Gasteiger partial charge in [0.2, 0.25) is 5.71 Å². The lowest BCUT2D eigenvalue weighted by atomic mass is 9.99. The first-order chi connectivity index (χ1) is 14.2. The maximum atomic E-state index is 9.90. The molecule has 1 fully saturated rings. The van der Waals surface area contributed by atoms with E-state index in [2.05, 4.69) is 32.0 Å². The number of pyridine rings is 1. The van der Waals surface area contributed by atoms with Gasteiger partial charge >= 0.3 is 0 Å². The van der Waals surface area contributed by atoms with E-state index in [1.807, 2.05) is 24.3 Å². The van der Waals surface area contributed by atoms with E-state index in [4.69, 9.17) is 10.2 Å². The zero-order valence-electron chi connectivity index (χ0n) is 15.8. The third-order valence-electron chi connectivity index (χ3n) is 5.34. The second-order valence-corrected chi connectivity index (χ2v) is 7.24. The number of hydrogen-bond acceptors (Lipinski definition) is 7. The Morgan fingerprint density at radius 3 is 2.48 bits per heavy atom. The summed E-state index contributed by atoms with van der Waals surface area (Å²) < 4.78 is 6.22. The molecule has 5 rings (SSSR count). The van der Waals surface area contributed by atoms with Crippen molar-refractivity contribution in [1.29, 1.82) is 0 Å². The van der Waals surface area contributed by atoms with Crippen LogP contribution in [0.2, 0.25) is 0 Å². The molecule has 0 amide bonds. The lowest BCUT2D eigenvalue weighted by Gasteiger charge is -2.30. The van der Waals surface area contributed by atoms with Crippen molar-refractivity contribution in [3.63, 3.8) is 0 Å². The molecule has 0 saturated carbocycles. The molecule has 0 radical (unpaired) electrons. The van der Waals surface area contributed by atoms with Gasteiger partial charge in [0.15, 0.2) is 0 Å². The van der Waals surface area contributed by atoms with Gasteiger partial charge in [-0.2, -0.15) is 0 Å². The number of fused-ring (bicyclic) bond motifs is 1. The molecular weight excluding hydrogens is 366 g/mol. The minimum atomic E-state index is -0.252. The van der Waals surface area contributed by atoms with Gasteiger partial charge in [0.05, 0.1) is 11.5 Å². The monoisotopic (exact) mass is 387 g/mol. The summed E-state index contributed by atoms with van der Waals surface area (Å²) in [5.41, 5.74) is 9.09. The smallest absolute Gasteiger partial charge is 0.232 e. The minimum absolute atomic E-state index is 0.252. The van der Waals surface area contributed by atoms with Crippen molar-refractivity contribution in [2.24, 2.45) is 0 Å². The lowest BCUT2D eigenvalue weighted by Crippen LogP contribution is -2.36. The van der Waals surface area contributed by atoms with Gasteiger partial charge in [0, 0.05) is 30.4 Å². The Morgan fingerprint density at radius 1 is 0.966 bits per heavy atom. The number of aliphatic hydroxyl groups excluding tert-OH is 1. The van der Waals surface area contributed by atoms with Gasteiger partial charge in [0.25, 0.3) is 0 Å². The van der Waals surface area contributed by atoms with E-state index in [1.54, 1.807) is 12.3 Å². The second-order valence-electron chi connectivity index (χ2n) is 7.24. The van der Waals surface area contributed by atoms with Crippen LogP contribution in [0.25, 0.3) is 33.6 Å². The van der Waals surface area contributed by atoms with Crippen LogP contribution in [-0.4, -0.2) is 39.3 Å². The fourth-order valence-electron chi connectivity index (χ4n) is 3.86. The number of piperidine rings is 1. The number of rotatable bonds is 3. The second kappa shape index (κ2) is 7.18. The van der Waals surface area contributed by atoms with Gasteiger partial charge in [-0.15, -0.1) is 0 Å². The van der Waals surface area contributed by atoms with E-state index in [-0.39, 0.29) is 6.10 Å². The molecule has 1 aliphatic heterocycles. The molecule has 1 aromatic carbocycles. The Morgan fingerprint density at radius 2 is 1.76 bits per heavy atom. The van der Waals surface area contributed by atoms with Crippen LogP contribution in [0, 0.1) is 0 Å². The molecule has 0 bridgehead atoms. The molecule has 0 spiro atoms. The van der Waals surface area contributed by atoms with Crippen molar-refractivity contribution < 1.29 is 9.52 Å². The van der Waals surface area contributed by atoms with Gasteiger partial charge in [0.1, 0.15) is 23.7 Å². The minimum Gasteiger partial charge on any atom is -0.437 e. The SMILES string of the molecule is Nc1ccc(-c2oc3ncnc(N4CCC(O)CC4)c3c2-c2ccccc2)cn1. The van der Waals surface area contributed by atoms with E-state index < -0.39 is 0 Å². The standard InChI is InChI=1S/C22H21N5O2/c23-17-7-6-15(12-24-17)20-18(14-4-2-1-3-5-14)19-21(25-13-26-22(19)29-20)27-10-8-16(28)9-11-27/h1-7,12-13,16,28H,8-11H2,(H2,23,24). The molecule has 4 heterocycles. The highest BCUT2D eigenvalue weighted by atomic mass is 16.3. The molecule has 3 aromatic heterocycles. The first kappa shape index (κ1) is 17.6. The van der Waals surface area contributed by atoms with E-state index in [1.165, 1.54) is 6.33 Å². The van der Waals surface area contributed by atoms with Crippen LogP contribution in [0.5, 0.6) is 0 Å². The third kappa shape index (κ3) is 3.19. The Balaban J connectivity index is 1.75. The van der Waals surface area contributed by atoms with Crippen LogP contribution in [0.15, 0.2) is 59.4 Å². The Bertz CT molecular complexity index is 1130. The molecule has 4 aromatic rings. The van der Waals surface area contributed by atoms with Gasteiger partial charge in [-0.05, 0) is 30.5 Å². The van der Waals surface area contributed by atoms with Gasteiger partial charge < -0.3 is 20.2 Å². The van der Waals surface area contributed by atoms with Crippen LogP contribution < -0.4 is 10.6 Å². The molecule has 0 unspecified atom stereocenters. The number of aromatic nitrogens is 3. The summed E-state index contributed by atoms with van der Waals surface area (Å²) in [4.78, 5) is 15.4. The zero-order chi connectivity index (χ0) is 19.8. The van der Waals surface area contributed by atoms with Crippen molar-refractivity contribution in [3.8, 4) is 22.5 Å². The summed E-state index contributed by atoms with van der Waals surface area (Å²) in [7, 11) is 0. The summed E-state index contributed by atoms with van der Waals surface area (Å²) in [6, 6.07) is 13.7. The first-order valence-electron chi connectivity index (χ1n) is 9.68. The van der Waals surface area contributed by atoms with Crippen LogP contribution in [-0.2, 0) is 0 Å². The number of nitrogens with two attached hydrogens (primary N) is 1. The van der Waals surface area contributed by atoms with Crippen LogP contribution >= 0.6 is 0 Å². The summed E-state index contributed by atoms with van der Waals surface area (Å²) in [6.45, 7) is 1.48. The summed E-state index contributed by atoms with van der Waals surface area (Å²) in [6.07, 6.45) is 4.44. The van der Waals surface area contributed by atoms with Crippen molar-refractivity contribution >= 4 is 22.7 Å². The predicted octanol–water partition coefficient (Wildman–Crippen LogP) is 3.50. The normalized spacial score (nSPS) is 15.1. The van der Waals surface area contributed by atoms with Crippen molar-refractivity contribution in [2.45, 2.75) is 18.9 Å². The fraction of sp³-hybridized carbons (Fsp3) is 0.227. The number of benzene rings is 1. The molecule has 0 aliphatic carbocycles. The molecule has 146 valence electrons. The average Bonchev–Trinajstić information content (AvgIpc) is 3.15. The van der Waals surface area contributed by atoms with Gasteiger partial charge in [-0.1, -0.05) is 30.3 Å². The number of aliphatic hydroxyl groups is 1. The third-order valence-corrected chi connectivity index (χ3v) is 5.34. The summed E-state index contributed by atoms with van der Waals surface area (Å²) in [5, 5.41) is 10.8. The molecule has 1 aliphatic rings. The van der Waals surface area contributed by atoms with E-state index in [0.717, 1.165) is 53.8 Å². The van der Waals surface area contributed by atoms with Crippen molar-refractivity contribution in [1.82, 2.24) is 15.0 Å². The summed E-state index contributed by atoms with van der Waals surface area (Å²) in [5.74, 6) is 1.98. The molecule has 29 heavy (non-hydrogen) atoms. The van der Waals surface area contributed by atoms with Crippen molar-refractivity contribution in [2.75, 3.05) is 23.7 Å². The van der Waals surface area contributed by atoms with Crippen LogP contribution in [0.4, 0.5) is 11.6 Å². The van der Waals surface area contributed by atoms with Gasteiger partial charge in [-0.25, -0.2) is 15.0 Å². The Kier molecular flexibility index (Phi) is 4.37. The molecular formula is C22H21N5O2. The topological polar surface area (TPSA) is 101 Å². The van der Waals surface area contributed by atoms with Crippen LogP contribution in [0.3, 0.4) is 0 Å². The van der Waals surface area contributed by atoms with E-state index >= 15 is 0 Å². The predicted molar refractivity (Wildman–Crippen MR) is 112 cm³/mol. The van der Waals surface area contributed by atoms with E-state index in [0.29, 0.717) is 17.3 Å². The maximum absolute atomic E-state index is 9.90. The van der Waals surface area contributed by atoms with E-state index in [9.17, 15) is 5.11 Å². The fourth-order valence-corrected chi connectivity index (χ4v) is 3.86. The Hall–Kier alpha value is -3.45. The average molecular weight is 387 g/mol. The summed E-state index contributed by atoms with van der Waals surface area (Å²) >= 11 is 0. The number of nitrogens with zero attached hydrogens (tertiary/aromatic N) is 4. The highest BCUT2D eigenvalue weighted by Gasteiger charge is 2.26. The highest BCUT2D eigenvalue weighted by molar-refractivity contribution is 6.06.